The summed E-state index contributed by atoms with van der Waals surface area (Å²) in [5.41, 5.74) is 2.65. The molecule has 3 N–H and O–H groups in total. The summed E-state index contributed by atoms with van der Waals surface area (Å²) in [6.45, 7) is 6.02. The molecule has 3 heterocycles. The molecule has 2 amide bonds. The Morgan fingerprint density at radius 3 is 2.71 bits per heavy atom. The first kappa shape index (κ1) is 15.7. The highest BCUT2D eigenvalue weighted by molar-refractivity contribution is 5.98. The second kappa shape index (κ2) is 6.53. The lowest BCUT2D eigenvalue weighted by atomic mass is 10.2. The number of aromatic amines is 1. The number of aromatic nitrogens is 5. The molecule has 124 valence electrons. The van der Waals surface area contributed by atoms with Crippen LogP contribution in [0.5, 0.6) is 0 Å². The zero-order valence-corrected chi connectivity index (χ0v) is 13.7. The number of rotatable bonds is 4. The second-order valence-corrected chi connectivity index (χ2v) is 5.70. The fourth-order valence-corrected chi connectivity index (χ4v) is 2.39. The van der Waals surface area contributed by atoms with Crippen LogP contribution in [0.15, 0.2) is 36.7 Å². The average Bonchev–Trinajstić information content (AvgIpc) is 3.15. The summed E-state index contributed by atoms with van der Waals surface area (Å²) in [6, 6.07) is 7.15. The van der Waals surface area contributed by atoms with E-state index in [0.717, 1.165) is 17.0 Å². The van der Waals surface area contributed by atoms with Crippen molar-refractivity contribution >= 4 is 17.7 Å². The highest BCUT2D eigenvalue weighted by atomic mass is 16.2. The summed E-state index contributed by atoms with van der Waals surface area (Å²) < 4.78 is 1.85. The summed E-state index contributed by atoms with van der Waals surface area (Å²) in [5, 5.41) is 16.7. The first-order chi connectivity index (χ1) is 11.5. The van der Waals surface area contributed by atoms with Crippen LogP contribution in [0.4, 0.5) is 16.4 Å². The van der Waals surface area contributed by atoms with Crippen molar-refractivity contribution in [3.8, 4) is 11.3 Å². The molecule has 0 aliphatic heterocycles. The quantitative estimate of drug-likeness (QED) is 0.685. The van der Waals surface area contributed by atoms with E-state index < -0.39 is 6.03 Å². The van der Waals surface area contributed by atoms with E-state index in [1.165, 1.54) is 0 Å². The number of urea groups is 1. The van der Waals surface area contributed by atoms with Crippen LogP contribution < -0.4 is 10.6 Å². The average molecular weight is 325 g/mol. The van der Waals surface area contributed by atoms with Crippen LogP contribution in [-0.4, -0.2) is 31.0 Å². The van der Waals surface area contributed by atoms with Crippen LogP contribution in [0.3, 0.4) is 0 Å². The molecule has 3 aromatic rings. The number of aryl methyl sites for hydroxylation is 1. The largest absolute Gasteiger partial charge is 0.326 e. The fourth-order valence-electron chi connectivity index (χ4n) is 2.39. The van der Waals surface area contributed by atoms with Gasteiger partial charge in [-0.05, 0) is 32.9 Å². The van der Waals surface area contributed by atoms with Crippen LogP contribution in [0.25, 0.3) is 11.3 Å². The molecule has 0 aromatic carbocycles. The van der Waals surface area contributed by atoms with Gasteiger partial charge in [0.2, 0.25) is 0 Å². The van der Waals surface area contributed by atoms with Crippen molar-refractivity contribution in [2.24, 2.45) is 0 Å². The van der Waals surface area contributed by atoms with Gasteiger partial charge in [0.1, 0.15) is 0 Å². The van der Waals surface area contributed by atoms with Gasteiger partial charge in [0.05, 0.1) is 5.69 Å². The minimum absolute atomic E-state index is 0.233. The molecule has 0 spiro atoms. The van der Waals surface area contributed by atoms with Crippen LogP contribution in [0, 0.1) is 6.92 Å². The predicted molar refractivity (Wildman–Crippen MR) is 91.8 cm³/mol. The molecule has 0 unspecified atom stereocenters. The van der Waals surface area contributed by atoms with Crippen molar-refractivity contribution in [1.29, 1.82) is 0 Å². The van der Waals surface area contributed by atoms with Crippen LogP contribution in [-0.2, 0) is 0 Å². The summed E-state index contributed by atoms with van der Waals surface area (Å²) in [6.07, 6.45) is 3.42. The smallest absolute Gasteiger partial charge is 0.291 e. The fraction of sp³-hybridized carbons (Fsp3) is 0.250. The molecule has 0 saturated heterocycles. The molecular formula is C16H19N7O. The molecule has 0 atom stereocenters. The summed E-state index contributed by atoms with van der Waals surface area (Å²) >= 11 is 0. The molecule has 0 bridgehead atoms. The maximum Gasteiger partial charge on any atom is 0.326 e. The van der Waals surface area contributed by atoms with Gasteiger partial charge in [0, 0.05) is 41.8 Å². The van der Waals surface area contributed by atoms with Gasteiger partial charge in [-0.2, -0.15) is 10.2 Å². The van der Waals surface area contributed by atoms with Gasteiger partial charge in [0.15, 0.2) is 11.6 Å². The van der Waals surface area contributed by atoms with Crippen LogP contribution in [0.1, 0.15) is 25.6 Å². The van der Waals surface area contributed by atoms with E-state index in [2.05, 4.69) is 30.9 Å². The molecule has 0 aliphatic rings. The Morgan fingerprint density at radius 1 is 1.25 bits per heavy atom. The lowest BCUT2D eigenvalue weighted by Gasteiger charge is -2.07. The number of nitrogens with zero attached hydrogens (tertiary/aromatic N) is 4. The van der Waals surface area contributed by atoms with Gasteiger partial charge in [0.25, 0.3) is 0 Å². The molecule has 8 heteroatoms. The van der Waals surface area contributed by atoms with E-state index in [9.17, 15) is 4.79 Å². The number of carbonyl (C=O) groups is 1. The summed E-state index contributed by atoms with van der Waals surface area (Å²) in [7, 11) is 0. The number of amides is 2. The van der Waals surface area contributed by atoms with E-state index >= 15 is 0 Å². The zero-order chi connectivity index (χ0) is 17.1. The van der Waals surface area contributed by atoms with Crippen molar-refractivity contribution in [2.45, 2.75) is 26.8 Å². The Balaban J connectivity index is 1.65. The Bertz CT molecular complexity index is 835. The van der Waals surface area contributed by atoms with Gasteiger partial charge in [-0.25, -0.2) is 4.79 Å². The minimum atomic E-state index is -0.396. The van der Waals surface area contributed by atoms with Gasteiger partial charge in [-0.15, -0.1) is 0 Å². The van der Waals surface area contributed by atoms with Crippen molar-refractivity contribution in [2.75, 3.05) is 10.6 Å². The van der Waals surface area contributed by atoms with Gasteiger partial charge in [-0.1, -0.05) is 0 Å². The predicted octanol–water partition coefficient (Wildman–Crippen LogP) is 3.20. The minimum Gasteiger partial charge on any atom is -0.291 e. The molecule has 0 radical (unpaired) electrons. The van der Waals surface area contributed by atoms with Gasteiger partial charge in [-0.3, -0.25) is 25.4 Å². The third kappa shape index (κ3) is 3.43. The number of pyridine rings is 1. The number of hydrogen-bond donors (Lipinski definition) is 3. The van der Waals surface area contributed by atoms with Crippen LogP contribution >= 0.6 is 0 Å². The number of carbonyl (C=O) groups excluding carboxylic acids is 1. The first-order valence-electron chi connectivity index (χ1n) is 7.63. The molecule has 0 fully saturated rings. The lowest BCUT2D eigenvalue weighted by molar-refractivity contribution is 0.262. The molecule has 0 saturated carbocycles. The number of hydrogen-bond acceptors (Lipinski definition) is 4. The van der Waals surface area contributed by atoms with E-state index in [0.29, 0.717) is 11.6 Å². The topological polar surface area (TPSA) is 101 Å². The van der Waals surface area contributed by atoms with E-state index in [1.54, 1.807) is 18.5 Å². The van der Waals surface area contributed by atoms with Crippen molar-refractivity contribution in [3.63, 3.8) is 0 Å². The van der Waals surface area contributed by atoms with Crippen molar-refractivity contribution in [3.05, 3.63) is 42.4 Å². The Hall–Kier alpha value is -3.16. The standard InChI is InChI=1S/C16H19N7O/c1-10(2)23-11(3)7-15(22-23)19-16(24)18-14-8-13(20-21-14)12-5-4-6-17-9-12/h4-10H,1-3H3,(H3,18,19,20,21,22,24). The highest BCUT2D eigenvalue weighted by Crippen LogP contribution is 2.18. The molecular weight excluding hydrogens is 306 g/mol. The normalized spacial score (nSPS) is 10.8. The first-order valence-corrected chi connectivity index (χ1v) is 7.63. The molecule has 3 aromatic heterocycles. The molecule has 8 nitrogen and oxygen atoms in total. The summed E-state index contributed by atoms with van der Waals surface area (Å²) in [4.78, 5) is 16.1. The maximum atomic E-state index is 12.1. The van der Waals surface area contributed by atoms with E-state index in [4.69, 9.17) is 0 Å². The van der Waals surface area contributed by atoms with E-state index in [-0.39, 0.29) is 6.04 Å². The molecule has 3 rings (SSSR count). The van der Waals surface area contributed by atoms with Crippen molar-refractivity contribution < 1.29 is 4.79 Å². The number of anilines is 2. The monoisotopic (exact) mass is 325 g/mol. The van der Waals surface area contributed by atoms with Crippen molar-refractivity contribution in [1.82, 2.24) is 25.0 Å². The maximum absolute atomic E-state index is 12.1. The third-order valence-corrected chi connectivity index (χ3v) is 3.45. The molecule has 0 aliphatic carbocycles. The molecule has 24 heavy (non-hydrogen) atoms. The van der Waals surface area contributed by atoms with Gasteiger partial charge >= 0.3 is 6.03 Å². The Kier molecular flexibility index (Phi) is 4.28. The number of nitrogens with one attached hydrogen (secondary N) is 3. The Morgan fingerprint density at radius 2 is 2.04 bits per heavy atom. The summed E-state index contributed by atoms with van der Waals surface area (Å²) in [5.74, 6) is 0.924. The van der Waals surface area contributed by atoms with E-state index in [1.807, 2.05) is 43.7 Å². The number of H-pyrrole nitrogens is 1. The third-order valence-electron chi connectivity index (χ3n) is 3.45. The Labute approximate surface area is 139 Å². The second-order valence-electron chi connectivity index (χ2n) is 5.70. The zero-order valence-electron chi connectivity index (χ0n) is 13.7. The lowest BCUT2D eigenvalue weighted by Crippen LogP contribution is -2.20. The highest BCUT2D eigenvalue weighted by Gasteiger charge is 2.11. The van der Waals surface area contributed by atoms with Gasteiger partial charge < -0.3 is 0 Å². The van der Waals surface area contributed by atoms with Crippen LogP contribution in [0.2, 0.25) is 0 Å². The SMILES string of the molecule is Cc1cc(NC(=O)Nc2cc(-c3cccnc3)[nH]n2)nn1C(C)C.